The summed E-state index contributed by atoms with van der Waals surface area (Å²) in [5, 5.41) is 0. The van der Waals surface area contributed by atoms with Crippen LogP contribution in [0.15, 0.2) is 72.9 Å². The Morgan fingerprint density at radius 3 is 0.946 bits per heavy atom. The summed E-state index contributed by atoms with van der Waals surface area (Å²) in [6, 6.07) is 0. The molecule has 0 aromatic rings. The lowest BCUT2D eigenvalue weighted by atomic mass is 10.1. The maximum atomic E-state index is 12.9. The lowest BCUT2D eigenvalue weighted by molar-refractivity contribution is -0.163. The summed E-state index contributed by atoms with van der Waals surface area (Å²) in [5.74, 6) is -0.404. The normalized spacial score (nSPS) is 12.6. The molecular weight excluding hydrogens is 909 g/mol. The first-order chi connectivity index (χ1) is 36.6. The van der Waals surface area contributed by atoms with Crippen LogP contribution in [0.5, 0.6) is 0 Å². The van der Waals surface area contributed by atoms with E-state index >= 15 is 0 Å². The van der Waals surface area contributed by atoms with Gasteiger partial charge >= 0.3 is 11.9 Å². The van der Waals surface area contributed by atoms with E-state index in [1.54, 1.807) is 0 Å². The zero-order valence-corrected chi connectivity index (χ0v) is 49.6. The van der Waals surface area contributed by atoms with Gasteiger partial charge in [-0.05, 0) is 116 Å². The Hall–Kier alpha value is -2.66. The van der Waals surface area contributed by atoms with E-state index in [0.29, 0.717) is 19.4 Å². The summed E-state index contributed by atoms with van der Waals surface area (Å²) >= 11 is 0. The highest BCUT2D eigenvalue weighted by Gasteiger charge is 2.18. The molecule has 0 saturated heterocycles. The standard InChI is InChI=1S/C69H124O5/c1-4-7-10-13-16-19-22-25-28-31-34-37-40-43-46-49-52-55-58-61-64-72-65-67(74-69(71)63-60-57-54-51-48-45-42-39-36-33-30-27-24-21-18-15-12-9-6-3)66-73-68(70)62-59-56-53-50-47-44-41-38-35-32-29-26-23-20-17-14-11-8-5-2/h17-18,20-21,25-30,35,38,67H,4-16,19,22-24,31-34,36-37,39-66H2,1-3H3/b20-17-,21-18-,28-25-,29-26-,30-27-,38-35-. The Labute approximate surface area is 461 Å². The fourth-order valence-electron chi connectivity index (χ4n) is 9.31. The van der Waals surface area contributed by atoms with Crippen LogP contribution < -0.4 is 0 Å². The van der Waals surface area contributed by atoms with Crippen molar-refractivity contribution < 1.29 is 23.8 Å². The average Bonchev–Trinajstić information content (AvgIpc) is 3.40. The molecule has 0 aromatic carbocycles. The second-order valence-corrected chi connectivity index (χ2v) is 21.7. The first kappa shape index (κ1) is 71.3. The Bertz CT molecular complexity index is 1310. The number of carbonyl (C=O) groups is 2. The summed E-state index contributed by atoms with van der Waals surface area (Å²) in [4.78, 5) is 25.6. The van der Waals surface area contributed by atoms with Crippen molar-refractivity contribution in [2.75, 3.05) is 19.8 Å². The number of rotatable bonds is 60. The molecule has 74 heavy (non-hydrogen) atoms. The summed E-state index contributed by atoms with van der Waals surface area (Å²) in [5.41, 5.74) is 0. The van der Waals surface area contributed by atoms with Crippen LogP contribution in [-0.4, -0.2) is 37.9 Å². The maximum Gasteiger partial charge on any atom is 0.306 e. The predicted molar refractivity (Wildman–Crippen MR) is 325 cm³/mol. The van der Waals surface area contributed by atoms with Gasteiger partial charge in [0.25, 0.3) is 0 Å². The number of unbranched alkanes of at least 4 members (excludes halogenated alkanes) is 37. The van der Waals surface area contributed by atoms with Gasteiger partial charge in [-0.15, -0.1) is 0 Å². The minimum atomic E-state index is -0.549. The van der Waals surface area contributed by atoms with Crippen LogP contribution in [-0.2, 0) is 23.8 Å². The van der Waals surface area contributed by atoms with Crippen LogP contribution in [0.3, 0.4) is 0 Å². The minimum Gasteiger partial charge on any atom is -0.462 e. The molecule has 1 atom stereocenters. The van der Waals surface area contributed by atoms with Crippen LogP contribution >= 0.6 is 0 Å². The third-order valence-electron chi connectivity index (χ3n) is 14.2. The van der Waals surface area contributed by atoms with E-state index < -0.39 is 6.10 Å². The summed E-state index contributed by atoms with van der Waals surface area (Å²) in [6.45, 7) is 7.80. The van der Waals surface area contributed by atoms with Crippen molar-refractivity contribution in [2.45, 2.75) is 335 Å². The van der Waals surface area contributed by atoms with Gasteiger partial charge in [-0.3, -0.25) is 9.59 Å². The largest absolute Gasteiger partial charge is 0.462 e. The number of hydrogen-bond donors (Lipinski definition) is 0. The molecule has 0 aliphatic heterocycles. The molecule has 1 unspecified atom stereocenters. The Kier molecular flexibility index (Phi) is 62.3. The van der Waals surface area contributed by atoms with Crippen molar-refractivity contribution in [3.63, 3.8) is 0 Å². The molecule has 0 rings (SSSR count). The SMILES string of the molecule is CCCCC/C=C\C/C=C\C/C=C\CCCCCCCCC(=O)OCC(COCCCCCCCCCCCC/C=C\CCCCCCCC)OC(=O)CCCCCCCCCCC/C=C\C/C=C\CCCCC. The lowest BCUT2D eigenvalue weighted by Gasteiger charge is -2.18. The summed E-state index contributed by atoms with van der Waals surface area (Å²) in [6.07, 6.45) is 85.1. The fourth-order valence-corrected chi connectivity index (χ4v) is 9.31. The van der Waals surface area contributed by atoms with E-state index in [0.717, 1.165) is 77.0 Å². The van der Waals surface area contributed by atoms with Crippen LogP contribution in [0.4, 0.5) is 0 Å². The molecule has 0 aliphatic carbocycles. The molecular formula is C69H124O5. The van der Waals surface area contributed by atoms with E-state index in [1.165, 1.54) is 218 Å². The lowest BCUT2D eigenvalue weighted by Crippen LogP contribution is -2.30. The molecule has 0 radical (unpaired) electrons. The minimum absolute atomic E-state index is 0.0762. The topological polar surface area (TPSA) is 61.8 Å². The van der Waals surface area contributed by atoms with Crippen LogP contribution in [0.25, 0.3) is 0 Å². The van der Waals surface area contributed by atoms with Gasteiger partial charge in [0.2, 0.25) is 0 Å². The van der Waals surface area contributed by atoms with E-state index in [9.17, 15) is 9.59 Å². The molecule has 0 fully saturated rings. The van der Waals surface area contributed by atoms with Gasteiger partial charge in [-0.1, -0.05) is 273 Å². The second kappa shape index (κ2) is 64.6. The number of ether oxygens (including phenoxy) is 3. The van der Waals surface area contributed by atoms with Gasteiger partial charge in [0, 0.05) is 19.4 Å². The molecule has 0 spiro atoms. The van der Waals surface area contributed by atoms with Crippen LogP contribution in [0.1, 0.15) is 329 Å². The predicted octanol–water partition coefficient (Wildman–Crippen LogP) is 22.6. The molecule has 0 saturated carbocycles. The third kappa shape index (κ3) is 61.9. The quantitative estimate of drug-likeness (QED) is 0.0345. The van der Waals surface area contributed by atoms with Gasteiger partial charge in [0.15, 0.2) is 6.10 Å². The zero-order valence-electron chi connectivity index (χ0n) is 49.6. The second-order valence-electron chi connectivity index (χ2n) is 21.7. The van der Waals surface area contributed by atoms with Crippen molar-refractivity contribution >= 4 is 11.9 Å². The molecule has 430 valence electrons. The number of allylic oxidation sites excluding steroid dienone is 12. The van der Waals surface area contributed by atoms with Crippen molar-refractivity contribution in [3.8, 4) is 0 Å². The van der Waals surface area contributed by atoms with E-state index in [1.807, 2.05) is 0 Å². The monoisotopic (exact) mass is 1030 g/mol. The molecule has 0 aromatic heterocycles. The zero-order chi connectivity index (χ0) is 53.4. The smallest absolute Gasteiger partial charge is 0.306 e. The van der Waals surface area contributed by atoms with Crippen molar-refractivity contribution in [1.29, 1.82) is 0 Å². The van der Waals surface area contributed by atoms with Gasteiger partial charge in [0.1, 0.15) is 6.61 Å². The molecule has 5 nitrogen and oxygen atoms in total. The molecule has 5 heteroatoms. The van der Waals surface area contributed by atoms with Gasteiger partial charge in [0.05, 0.1) is 6.61 Å². The highest BCUT2D eigenvalue weighted by Crippen LogP contribution is 2.16. The highest BCUT2D eigenvalue weighted by atomic mass is 16.6. The first-order valence-electron chi connectivity index (χ1n) is 32.5. The molecule has 0 bridgehead atoms. The Balaban J connectivity index is 4.30. The fraction of sp³-hybridized carbons (Fsp3) is 0.797. The van der Waals surface area contributed by atoms with Crippen molar-refractivity contribution in [2.24, 2.45) is 0 Å². The third-order valence-corrected chi connectivity index (χ3v) is 14.2. The summed E-state index contributed by atoms with van der Waals surface area (Å²) < 4.78 is 17.6. The van der Waals surface area contributed by atoms with Gasteiger partial charge in [-0.25, -0.2) is 0 Å². The van der Waals surface area contributed by atoms with Gasteiger partial charge < -0.3 is 14.2 Å². The van der Waals surface area contributed by atoms with E-state index in [2.05, 4.69) is 93.7 Å². The Morgan fingerprint density at radius 2 is 0.568 bits per heavy atom. The van der Waals surface area contributed by atoms with Crippen LogP contribution in [0, 0.1) is 0 Å². The Morgan fingerprint density at radius 1 is 0.297 bits per heavy atom. The highest BCUT2D eigenvalue weighted by molar-refractivity contribution is 5.70. The molecule has 0 amide bonds. The van der Waals surface area contributed by atoms with Gasteiger partial charge in [-0.2, -0.15) is 0 Å². The first-order valence-corrected chi connectivity index (χ1v) is 32.5. The summed E-state index contributed by atoms with van der Waals surface area (Å²) in [7, 11) is 0. The van der Waals surface area contributed by atoms with Crippen molar-refractivity contribution in [3.05, 3.63) is 72.9 Å². The maximum absolute atomic E-state index is 12.9. The van der Waals surface area contributed by atoms with E-state index in [-0.39, 0.29) is 25.2 Å². The number of carbonyl (C=O) groups excluding carboxylic acids is 2. The average molecular weight is 1030 g/mol. The van der Waals surface area contributed by atoms with Crippen LogP contribution in [0.2, 0.25) is 0 Å². The number of esters is 2. The molecule has 0 aliphatic rings. The number of hydrogen-bond acceptors (Lipinski definition) is 5. The van der Waals surface area contributed by atoms with Crippen molar-refractivity contribution in [1.82, 2.24) is 0 Å². The van der Waals surface area contributed by atoms with E-state index in [4.69, 9.17) is 14.2 Å². The molecule has 0 N–H and O–H groups in total. The molecule has 0 heterocycles.